The number of rotatable bonds is 4. The molecule has 1 aliphatic heterocycles. The van der Waals surface area contributed by atoms with Crippen LogP contribution in [-0.4, -0.2) is 35.8 Å². The molecule has 0 spiro atoms. The van der Waals surface area contributed by atoms with E-state index in [-0.39, 0.29) is 12.0 Å². The normalized spacial score (nSPS) is 23.1. The fourth-order valence-corrected chi connectivity index (χ4v) is 2.43. The highest BCUT2D eigenvalue weighted by molar-refractivity contribution is 5.35. The molecule has 1 aromatic rings. The first-order chi connectivity index (χ1) is 9.54. The van der Waals surface area contributed by atoms with Gasteiger partial charge in [0.25, 0.3) is 0 Å². The zero-order valence-corrected chi connectivity index (χ0v) is 10.9. The first-order valence-electron chi connectivity index (χ1n) is 6.78. The third-order valence-electron chi connectivity index (χ3n) is 3.66. The molecule has 0 bridgehead atoms. The summed E-state index contributed by atoms with van der Waals surface area (Å²) in [6, 6.07) is 1.19. The molecule has 0 unspecified atom stereocenters. The van der Waals surface area contributed by atoms with Crippen LogP contribution in [0.4, 0.5) is 19.1 Å². The largest absolute Gasteiger partial charge is 0.433 e. The van der Waals surface area contributed by atoms with Crippen LogP contribution in [0.2, 0.25) is 0 Å². The first kappa shape index (κ1) is 13.6. The predicted octanol–water partition coefficient (Wildman–Crippen LogP) is 2.50. The van der Waals surface area contributed by atoms with Gasteiger partial charge in [-0.15, -0.1) is 0 Å². The van der Waals surface area contributed by atoms with Gasteiger partial charge in [0, 0.05) is 31.3 Å². The van der Waals surface area contributed by atoms with E-state index in [0.717, 1.165) is 31.9 Å². The van der Waals surface area contributed by atoms with Crippen molar-refractivity contribution in [3.63, 3.8) is 0 Å². The van der Waals surface area contributed by atoms with Crippen molar-refractivity contribution in [3.8, 4) is 0 Å². The van der Waals surface area contributed by atoms with Gasteiger partial charge in [-0.05, 0) is 25.3 Å². The third-order valence-corrected chi connectivity index (χ3v) is 3.66. The van der Waals surface area contributed by atoms with E-state index in [1.807, 2.05) is 4.90 Å². The smallest absolute Gasteiger partial charge is 0.381 e. The molecular weight excluding hydrogens is 271 g/mol. The summed E-state index contributed by atoms with van der Waals surface area (Å²) in [6.07, 6.45) is -0.308. The molecule has 0 amide bonds. The average molecular weight is 287 g/mol. The van der Waals surface area contributed by atoms with E-state index in [1.165, 1.54) is 6.20 Å². The van der Waals surface area contributed by atoms with Crippen LogP contribution in [0.1, 0.15) is 25.0 Å². The van der Waals surface area contributed by atoms with Gasteiger partial charge in [-0.1, -0.05) is 0 Å². The maximum absolute atomic E-state index is 12.7. The Morgan fingerprint density at radius 3 is 2.70 bits per heavy atom. The molecule has 1 atom stereocenters. The van der Waals surface area contributed by atoms with Crippen LogP contribution in [0.25, 0.3) is 0 Å². The molecule has 3 rings (SSSR count). The third kappa shape index (κ3) is 3.03. The van der Waals surface area contributed by atoms with Gasteiger partial charge >= 0.3 is 6.18 Å². The summed E-state index contributed by atoms with van der Waals surface area (Å²) in [4.78, 5) is 9.64. The Hall–Kier alpha value is -1.37. The number of hydrogen-bond acceptors (Lipinski definition) is 4. The zero-order valence-electron chi connectivity index (χ0n) is 10.9. The number of alkyl halides is 3. The molecule has 0 N–H and O–H groups in total. The van der Waals surface area contributed by atoms with Crippen LogP contribution in [0.3, 0.4) is 0 Å². The Bertz CT molecular complexity index is 470. The van der Waals surface area contributed by atoms with Crippen molar-refractivity contribution >= 4 is 5.95 Å². The van der Waals surface area contributed by atoms with Gasteiger partial charge in [-0.3, -0.25) is 0 Å². The highest BCUT2D eigenvalue weighted by atomic mass is 19.4. The maximum atomic E-state index is 12.7. The number of anilines is 1. The number of ether oxygens (including phenoxy) is 1. The Kier molecular flexibility index (Phi) is 3.54. The summed E-state index contributed by atoms with van der Waals surface area (Å²) >= 11 is 0. The molecule has 0 radical (unpaired) electrons. The van der Waals surface area contributed by atoms with Crippen molar-refractivity contribution in [1.82, 2.24) is 9.97 Å². The monoisotopic (exact) mass is 287 g/mol. The molecule has 20 heavy (non-hydrogen) atoms. The van der Waals surface area contributed by atoms with Crippen LogP contribution < -0.4 is 4.90 Å². The van der Waals surface area contributed by atoms with Crippen molar-refractivity contribution < 1.29 is 17.9 Å². The van der Waals surface area contributed by atoms with Crippen LogP contribution in [0, 0.1) is 5.92 Å². The van der Waals surface area contributed by atoms with E-state index < -0.39 is 11.9 Å². The fourth-order valence-electron chi connectivity index (χ4n) is 2.43. The Balaban J connectivity index is 1.80. The van der Waals surface area contributed by atoms with Gasteiger partial charge in [-0.25, -0.2) is 9.97 Å². The topological polar surface area (TPSA) is 38.2 Å². The SMILES string of the molecule is FC(F)(F)c1ccnc(N(C[C@H]2CCOC2)C2CC2)n1. The molecule has 2 aliphatic rings. The molecule has 2 fully saturated rings. The molecule has 110 valence electrons. The summed E-state index contributed by atoms with van der Waals surface area (Å²) in [7, 11) is 0. The van der Waals surface area contributed by atoms with E-state index in [0.29, 0.717) is 19.1 Å². The molecule has 7 heteroatoms. The van der Waals surface area contributed by atoms with E-state index in [4.69, 9.17) is 4.74 Å². The second kappa shape index (κ2) is 5.20. The molecule has 1 aromatic heterocycles. The number of halogens is 3. The Morgan fingerprint density at radius 2 is 2.10 bits per heavy atom. The summed E-state index contributed by atoms with van der Waals surface area (Å²) < 4.78 is 43.5. The zero-order chi connectivity index (χ0) is 14.2. The average Bonchev–Trinajstić information content (AvgIpc) is 3.12. The summed E-state index contributed by atoms with van der Waals surface area (Å²) in [5.74, 6) is 0.544. The lowest BCUT2D eigenvalue weighted by Gasteiger charge is -2.25. The van der Waals surface area contributed by atoms with Crippen LogP contribution >= 0.6 is 0 Å². The van der Waals surface area contributed by atoms with E-state index in [9.17, 15) is 13.2 Å². The molecular formula is C13H16F3N3O. The highest BCUT2D eigenvalue weighted by Gasteiger charge is 2.36. The minimum atomic E-state index is -4.43. The van der Waals surface area contributed by atoms with Crippen molar-refractivity contribution in [2.45, 2.75) is 31.5 Å². The minimum Gasteiger partial charge on any atom is -0.381 e. The molecule has 2 heterocycles. The lowest BCUT2D eigenvalue weighted by Crippen LogP contribution is -2.33. The second-order valence-electron chi connectivity index (χ2n) is 5.35. The Labute approximate surface area is 115 Å². The molecule has 1 saturated carbocycles. The predicted molar refractivity (Wildman–Crippen MR) is 66.3 cm³/mol. The summed E-state index contributed by atoms with van der Waals surface area (Å²) in [5, 5.41) is 0. The number of hydrogen-bond donors (Lipinski definition) is 0. The fraction of sp³-hybridized carbons (Fsp3) is 0.692. The Morgan fingerprint density at radius 1 is 1.30 bits per heavy atom. The highest BCUT2D eigenvalue weighted by Crippen LogP contribution is 2.33. The van der Waals surface area contributed by atoms with Gasteiger partial charge in [0.05, 0.1) is 6.61 Å². The van der Waals surface area contributed by atoms with Crippen molar-refractivity contribution in [1.29, 1.82) is 0 Å². The summed E-state index contributed by atoms with van der Waals surface area (Å²) in [5.41, 5.74) is -0.879. The molecule has 1 saturated heterocycles. The molecule has 0 aromatic carbocycles. The van der Waals surface area contributed by atoms with Crippen LogP contribution in [0.15, 0.2) is 12.3 Å². The number of nitrogens with zero attached hydrogens (tertiary/aromatic N) is 3. The number of aromatic nitrogens is 2. The first-order valence-corrected chi connectivity index (χ1v) is 6.78. The standard InChI is InChI=1S/C13H16F3N3O/c14-13(15,16)11-3-5-17-12(18-11)19(10-1-2-10)7-9-4-6-20-8-9/h3,5,9-10H,1-2,4,6-8H2/t9-/m1/s1. The summed E-state index contributed by atoms with van der Waals surface area (Å²) in [6.45, 7) is 2.07. The van der Waals surface area contributed by atoms with E-state index in [1.54, 1.807) is 0 Å². The lowest BCUT2D eigenvalue weighted by molar-refractivity contribution is -0.141. The van der Waals surface area contributed by atoms with Crippen molar-refractivity contribution in [3.05, 3.63) is 18.0 Å². The lowest BCUT2D eigenvalue weighted by atomic mass is 10.1. The molecule has 4 nitrogen and oxygen atoms in total. The van der Waals surface area contributed by atoms with Gasteiger partial charge < -0.3 is 9.64 Å². The van der Waals surface area contributed by atoms with Crippen LogP contribution in [0.5, 0.6) is 0 Å². The van der Waals surface area contributed by atoms with Crippen molar-refractivity contribution in [2.75, 3.05) is 24.7 Å². The van der Waals surface area contributed by atoms with Gasteiger partial charge in [0.15, 0.2) is 0 Å². The second-order valence-corrected chi connectivity index (χ2v) is 5.35. The minimum absolute atomic E-state index is 0.189. The van der Waals surface area contributed by atoms with Crippen molar-refractivity contribution in [2.24, 2.45) is 5.92 Å². The van der Waals surface area contributed by atoms with Crippen LogP contribution in [-0.2, 0) is 10.9 Å². The molecule has 1 aliphatic carbocycles. The van der Waals surface area contributed by atoms with E-state index in [2.05, 4.69) is 9.97 Å². The van der Waals surface area contributed by atoms with E-state index >= 15 is 0 Å². The van der Waals surface area contributed by atoms with Gasteiger partial charge in [-0.2, -0.15) is 13.2 Å². The quantitative estimate of drug-likeness (QED) is 0.853. The van der Waals surface area contributed by atoms with Gasteiger partial charge in [0.2, 0.25) is 5.95 Å². The maximum Gasteiger partial charge on any atom is 0.433 e. The van der Waals surface area contributed by atoms with Gasteiger partial charge in [0.1, 0.15) is 5.69 Å².